The Kier molecular flexibility index (Phi) is 10.1. The van der Waals surface area contributed by atoms with Crippen molar-refractivity contribution in [3.63, 3.8) is 0 Å². The van der Waals surface area contributed by atoms with Crippen LogP contribution >= 0.6 is 0 Å². The van der Waals surface area contributed by atoms with E-state index in [2.05, 4.69) is 20.3 Å². The van der Waals surface area contributed by atoms with E-state index in [1.165, 1.54) is 47.3 Å². The lowest BCUT2D eigenvalue weighted by molar-refractivity contribution is -0.0606. The number of carbonyl (C=O) groups excluding carboxylic acids is 4. The van der Waals surface area contributed by atoms with Gasteiger partial charge >= 0.3 is 17.9 Å². The van der Waals surface area contributed by atoms with Crippen LogP contribution in [0.25, 0.3) is 11.2 Å². The second-order valence-corrected chi connectivity index (χ2v) is 11.8. The molecule has 4 aromatic carbocycles. The lowest BCUT2D eigenvalue weighted by atomic mass is 10.1. The molecule has 1 N–H and O–H groups in total. The van der Waals surface area contributed by atoms with E-state index in [0.29, 0.717) is 5.56 Å². The van der Waals surface area contributed by atoms with E-state index in [4.69, 9.17) is 18.9 Å². The zero-order valence-electron chi connectivity index (χ0n) is 27.7. The van der Waals surface area contributed by atoms with E-state index in [1.54, 1.807) is 30.3 Å². The van der Waals surface area contributed by atoms with Crippen molar-refractivity contribution < 1.29 is 51.3 Å². The second kappa shape index (κ2) is 15.3. The summed E-state index contributed by atoms with van der Waals surface area (Å²) in [5, 5.41) is 2.69. The first-order valence-electron chi connectivity index (χ1n) is 16.2. The number of fused-ring (bicyclic) bond motifs is 1. The molecule has 13 nitrogen and oxygen atoms in total. The average Bonchev–Trinajstić information content (AvgIpc) is 3.76. The molecule has 16 heteroatoms. The fraction of sp³-hybridized carbons (Fsp3) is 0.132. The Hall–Kier alpha value is -6.94. The molecule has 0 radical (unpaired) electrons. The van der Waals surface area contributed by atoms with Gasteiger partial charge in [-0.1, -0.05) is 18.2 Å². The quantitative estimate of drug-likeness (QED) is 0.136. The topological polar surface area (TPSA) is 161 Å². The summed E-state index contributed by atoms with van der Waals surface area (Å²) in [5.74, 6) is -5.04. The number of hydrogen-bond acceptors (Lipinski definition) is 11. The number of amides is 1. The Bertz CT molecular complexity index is 2320. The molecule has 1 aliphatic rings. The maximum absolute atomic E-state index is 13.7. The Morgan fingerprint density at radius 3 is 1.76 bits per heavy atom. The molecular formula is C38H26F3N5O8. The third kappa shape index (κ3) is 7.63. The van der Waals surface area contributed by atoms with Crippen molar-refractivity contribution in [2.24, 2.45) is 0 Å². The molecular weight excluding hydrogens is 711 g/mol. The van der Waals surface area contributed by atoms with Crippen molar-refractivity contribution in [2.45, 2.75) is 24.5 Å². The molecule has 1 aliphatic heterocycles. The molecule has 2 aromatic heterocycles. The zero-order valence-corrected chi connectivity index (χ0v) is 27.7. The van der Waals surface area contributed by atoms with Crippen LogP contribution < -0.4 is 5.32 Å². The van der Waals surface area contributed by atoms with E-state index >= 15 is 0 Å². The highest BCUT2D eigenvalue weighted by Gasteiger charge is 2.52. The van der Waals surface area contributed by atoms with Gasteiger partial charge in [0.05, 0.1) is 23.0 Å². The van der Waals surface area contributed by atoms with Crippen molar-refractivity contribution in [1.82, 2.24) is 19.5 Å². The molecule has 0 aliphatic carbocycles. The number of imidazole rings is 1. The first-order chi connectivity index (χ1) is 26.1. The highest BCUT2D eigenvalue weighted by atomic mass is 19.1. The summed E-state index contributed by atoms with van der Waals surface area (Å²) in [6, 6.07) is 21.8. The number of anilines is 1. The minimum atomic E-state index is -1.52. The highest BCUT2D eigenvalue weighted by molar-refractivity contribution is 6.06. The van der Waals surface area contributed by atoms with Crippen LogP contribution in [0.15, 0.2) is 116 Å². The minimum absolute atomic E-state index is 0.00692. The molecule has 7 rings (SSSR count). The molecule has 0 bridgehead atoms. The van der Waals surface area contributed by atoms with Gasteiger partial charge in [0.15, 0.2) is 35.4 Å². The average molecular weight is 738 g/mol. The number of nitrogens with zero attached hydrogens (tertiary/aromatic N) is 4. The van der Waals surface area contributed by atoms with E-state index in [9.17, 15) is 32.3 Å². The van der Waals surface area contributed by atoms with Crippen LogP contribution in [0.5, 0.6) is 0 Å². The van der Waals surface area contributed by atoms with E-state index in [0.717, 1.165) is 42.7 Å². The van der Waals surface area contributed by atoms with Gasteiger partial charge in [-0.25, -0.2) is 42.5 Å². The van der Waals surface area contributed by atoms with Crippen molar-refractivity contribution >= 4 is 40.8 Å². The monoisotopic (exact) mass is 737 g/mol. The van der Waals surface area contributed by atoms with Gasteiger partial charge in [0, 0.05) is 5.56 Å². The Balaban J connectivity index is 1.25. The summed E-state index contributed by atoms with van der Waals surface area (Å²) in [7, 11) is 0. The van der Waals surface area contributed by atoms with Crippen molar-refractivity contribution in [2.75, 3.05) is 11.9 Å². The molecule has 3 heterocycles. The maximum Gasteiger partial charge on any atom is 0.338 e. The predicted molar refractivity (Wildman–Crippen MR) is 182 cm³/mol. The van der Waals surface area contributed by atoms with Gasteiger partial charge in [-0.2, -0.15) is 0 Å². The molecule has 0 spiro atoms. The third-order valence-corrected chi connectivity index (χ3v) is 8.29. The number of aromatic nitrogens is 4. The number of benzene rings is 4. The lowest BCUT2D eigenvalue weighted by Crippen LogP contribution is -2.41. The summed E-state index contributed by atoms with van der Waals surface area (Å²) in [6.07, 6.45) is -3.31. The normalized spacial score (nSPS) is 17.8. The second-order valence-electron chi connectivity index (χ2n) is 11.8. The number of carbonyl (C=O) groups is 4. The van der Waals surface area contributed by atoms with Gasteiger partial charge in [0.2, 0.25) is 0 Å². The first kappa shape index (κ1) is 35.5. The molecule has 0 saturated carbocycles. The predicted octanol–water partition coefficient (Wildman–Crippen LogP) is 5.70. The molecule has 272 valence electrons. The highest BCUT2D eigenvalue weighted by Crippen LogP contribution is 2.37. The standard InChI is InChI=1S/C38H26F3N5O8/c39-25-12-6-22(7-13-25)36(48)51-18-28-30(53-37(49)23-8-14-26(40)15-9-23)31(54-38(50)24-10-16-27(41)17-11-24)35(52-28)46-20-44-29-32(42-19-43-33(29)46)45-34(47)21-4-2-1-3-5-21/h1-17,19-20,28,30-31,35H,18H2,(H,42,43,45,47)/t28-,30+,31-,35-/m1/s1. The molecule has 54 heavy (non-hydrogen) atoms. The molecule has 6 aromatic rings. The number of nitrogens with one attached hydrogen (secondary N) is 1. The smallest absolute Gasteiger partial charge is 0.338 e. The molecule has 1 saturated heterocycles. The van der Waals surface area contributed by atoms with Crippen molar-refractivity contribution in [3.8, 4) is 0 Å². The summed E-state index contributed by atoms with van der Waals surface area (Å²) < 4.78 is 65.9. The van der Waals surface area contributed by atoms with E-state index in [1.807, 2.05) is 0 Å². The number of ether oxygens (including phenoxy) is 4. The van der Waals surface area contributed by atoms with Gasteiger partial charge in [-0.05, 0) is 84.9 Å². The molecule has 4 atom stereocenters. The molecule has 1 amide bonds. The lowest BCUT2D eigenvalue weighted by Gasteiger charge is -2.25. The SMILES string of the molecule is O=C(Nc1ncnc2c1ncn2[C@@H]1O[C@H](COC(=O)c2ccc(F)cc2)[C@H](OC(=O)c2ccc(F)cc2)[C@H]1OC(=O)c1ccc(F)cc1)c1ccccc1. The van der Waals surface area contributed by atoms with Crippen LogP contribution in [0, 0.1) is 17.5 Å². The van der Waals surface area contributed by atoms with Crippen LogP contribution in [-0.2, 0) is 18.9 Å². The first-order valence-corrected chi connectivity index (χ1v) is 16.2. The Labute approximate surface area is 303 Å². The number of hydrogen-bond donors (Lipinski definition) is 1. The Morgan fingerprint density at radius 1 is 0.648 bits per heavy atom. The summed E-state index contributed by atoms with van der Waals surface area (Å²) in [6.45, 7) is -0.571. The van der Waals surface area contributed by atoms with E-state index in [-0.39, 0.29) is 33.7 Å². The van der Waals surface area contributed by atoms with E-state index < -0.39 is 72.4 Å². The minimum Gasteiger partial charge on any atom is -0.459 e. The van der Waals surface area contributed by atoms with Crippen LogP contribution in [0.3, 0.4) is 0 Å². The number of esters is 3. The maximum atomic E-state index is 13.7. The van der Waals surface area contributed by atoms with Gasteiger partial charge in [0.25, 0.3) is 5.91 Å². The van der Waals surface area contributed by atoms with Crippen molar-refractivity contribution in [3.05, 3.63) is 155 Å². The van der Waals surface area contributed by atoms with Crippen LogP contribution in [0.1, 0.15) is 47.7 Å². The largest absolute Gasteiger partial charge is 0.459 e. The van der Waals surface area contributed by atoms with Gasteiger partial charge in [-0.3, -0.25) is 9.36 Å². The summed E-state index contributed by atoms with van der Waals surface area (Å²) in [5.41, 5.74) is 0.430. The fourth-order valence-corrected chi connectivity index (χ4v) is 5.62. The van der Waals surface area contributed by atoms with Gasteiger partial charge in [-0.15, -0.1) is 0 Å². The zero-order chi connectivity index (χ0) is 37.8. The third-order valence-electron chi connectivity index (χ3n) is 8.29. The fourth-order valence-electron chi connectivity index (χ4n) is 5.62. The van der Waals surface area contributed by atoms with Crippen LogP contribution in [0.4, 0.5) is 19.0 Å². The van der Waals surface area contributed by atoms with Crippen molar-refractivity contribution in [1.29, 1.82) is 0 Å². The van der Waals surface area contributed by atoms with Crippen LogP contribution in [0.2, 0.25) is 0 Å². The Morgan fingerprint density at radius 2 is 1.19 bits per heavy atom. The van der Waals surface area contributed by atoms with Gasteiger partial charge in [0.1, 0.15) is 36.5 Å². The molecule has 1 fully saturated rings. The number of halogens is 3. The summed E-state index contributed by atoms with van der Waals surface area (Å²) >= 11 is 0. The molecule has 0 unspecified atom stereocenters. The van der Waals surface area contributed by atoms with Gasteiger partial charge < -0.3 is 24.3 Å². The number of rotatable bonds is 10. The summed E-state index contributed by atoms with van der Waals surface area (Å²) in [4.78, 5) is 65.8. The van der Waals surface area contributed by atoms with Crippen LogP contribution in [-0.4, -0.2) is 68.3 Å².